The molecule has 1 aliphatic rings. The molecule has 32 heavy (non-hydrogen) atoms. The van der Waals surface area contributed by atoms with Crippen molar-refractivity contribution in [2.45, 2.75) is 13.0 Å². The number of carbonyl (C=O) groups excluding carboxylic acids is 1. The second-order valence-electron chi connectivity index (χ2n) is 7.71. The van der Waals surface area contributed by atoms with Crippen molar-refractivity contribution in [3.63, 3.8) is 0 Å². The number of amides is 1. The molecule has 4 aromatic rings. The Morgan fingerprint density at radius 2 is 1.78 bits per heavy atom. The molecule has 0 bridgehead atoms. The van der Waals surface area contributed by atoms with Crippen molar-refractivity contribution in [2.24, 2.45) is 0 Å². The van der Waals surface area contributed by atoms with E-state index in [4.69, 9.17) is 4.74 Å². The van der Waals surface area contributed by atoms with Gasteiger partial charge in [0.1, 0.15) is 11.5 Å². The summed E-state index contributed by atoms with van der Waals surface area (Å²) in [4.78, 5) is 15.2. The Labute approximate surface area is 183 Å². The minimum Gasteiger partial charge on any atom is -0.504 e. The third-order valence-electron chi connectivity index (χ3n) is 5.72. The van der Waals surface area contributed by atoms with Gasteiger partial charge in [-0.15, -0.1) is 0 Å². The fraction of sp³-hybridized carbons (Fsp3) is 0.120. The van der Waals surface area contributed by atoms with E-state index in [9.17, 15) is 14.3 Å². The first-order valence-electron chi connectivity index (χ1n) is 10.1. The number of hydrogen-bond acceptors (Lipinski definition) is 4. The molecule has 1 unspecified atom stereocenters. The highest BCUT2D eigenvalue weighted by Gasteiger charge is 2.43. The summed E-state index contributed by atoms with van der Waals surface area (Å²) >= 11 is 0. The van der Waals surface area contributed by atoms with Gasteiger partial charge in [0.15, 0.2) is 11.5 Å². The first kappa shape index (κ1) is 19.8. The monoisotopic (exact) mass is 429 g/mol. The number of ether oxygens (including phenoxy) is 1. The summed E-state index contributed by atoms with van der Waals surface area (Å²) in [7, 11) is 1.48. The first-order chi connectivity index (χ1) is 15.5. The van der Waals surface area contributed by atoms with E-state index in [1.165, 1.54) is 19.2 Å². The molecule has 0 spiro atoms. The number of methoxy groups -OCH3 is 1. The van der Waals surface area contributed by atoms with Gasteiger partial charge in [-0.1, -0.05) is 23.8 Å². The lowest BCUT2D eigenvalue weighted by Crippen LogP contribution is -2.29. The molecule has 160 valence electrons. The van der Waals surface area contributed by atoms with Gasteiger partial charge in [-0.05, 0) is 61.0 Å². The fourth-order valence-electron chi connectivity index (χ4n) is 4.13. The molecule has 0 radical (unpaired) electrons. The summed E-state index contributed by atoms with van der Waals surface area (Å²) in [6, 6.07) is 18.2. The van der Waals surface area contributed by atoms with Crippen LogP contribution >= 0.6 is 0 Å². The number of hydrogen-bond donors (Lipinski definition) is 2. The third kappa shape index (κ3) is 3.10. The molecule has 5 rings (SSSR count). The number of nitrogens with one attached hydrogen (secondary N) is 1. The normalized spacial score (nSPS) is 15.2. The van der Waals surface area contributed by atoms with Crippen molar-refractivity contribution in [2.75, 3.05) is 12.0 Å². The molecule has 1 aromatic heterocycles. The number of halogens is 1. The van der Waals surface area contributed by atoms with Gasteiger partial charge in [0.05, 0.1) is 18.8 Å². The quantitative estimate of drug-likeness (QED) is 0.479. The number of anilines is 1. The van der Waals surface area contributed by atoms with E-state index in [1.54, 1.807) is 35.2 Å². The largest absolute Gasteiger partial charge is 0.504 e. The first-order valence-corrected chi connectivity index (χ1v) is 10.1. The Morgan fingerprint density at radius 3 is 2.47 bits per heavy atom. The summed E-state index contributed by atoms with van der Waals surface area (Å²) in [5, 5.41) is 17.4. The zero-order valence-electron chi connectivity index (χ0n) is 17.5. The predicted octanol–water partition coefficient (Wildman–Crippen LogP) is 4.99. The van der Waals surface area contributed by atoms with Crippen LogP contribution in [0, 0.1) is 12.7 Å². The average molecular weight is 429 g/mol. The van der Waals surface area contributed by atoms with Gasteiger partial charge in [0.25, 0.3) is 5.91 Å². The second-order valence-corrected chi connectivity index (χ2v) is 7.71. The third-order valence-corrected chi connectivity index (χ3v) is 5.72. The van der Waals surface area contributed by atoms with Crippen LogP contribution in [0.2, 0.25) is 0 Å². The van der Waals surface area contributed by atoms with Crippen LogP contribution in [0.5, 0.6) is 11.5 Å². The molecule has 0 fully saturated rings. The van der Waals surface area contributed by atoms with Crippen LogP contribution in [0.1, 0.15) is 33.2 Å². The van der Waals surface area contributed by atoms with E-state index >= 15 is 0 Å². The topological polar surface area (TPSA) is 78.5 Å². The number of phenolic OH excluding ortho intramolecular Hbond substituents is 1. The average Bonchev–Trinajstić information content (AvgIpc) is 3.35. The number of aryl methyl sites for hydroxylation is 1. The number of phenols is 1. The smallest absolute Gasteiger partial charge is 0.277 e. The standard InChI is InChI=1S/C25H20FN3O3/c1-14-3-10-18(11-4-14)29-24(16-7-12-19(30)20(13-16)32-2)21-22(27-28-23(21)25(29)31)15-5-8-17(26)9-6-15/h3-13,24,30H,1-2H3,(H,27,28). The van der Waals surface area contributed by atoms with E-state index in [0.717, 1.165) is 16.8 Å². The molecular weight excluding hydrogens is 409 g/mol. The van der Waals surface area contributed by atoms with E-state index in [2.05, 4.69) is 10.2 Å². The van der Waals surface area contributed by atoms with Crippen LogP contribution in [0.3, 0.4) is 0 Å². The Balaban J connectivity index is 1.73. The number of benzene rings is 3. The van der Waals surface area contributed by atoms with Crippen LogP contribution in [0.15, 0.2) is 66.7 Å². The number of carbonyl (C=O) groups is 1. The minimum atomic E-state index is -0.520. The van der Waals surface area contributed by atoms with Gasteiger partial charge >= 0.3 is 0 Å². The van der Waals surface area contributed by atoms with Gasteiger partial charge in [-0.3, -0.25) is 14.8 Å². The molecule has 2 heterocycles. The maximum atomic E-state index is 13.5. The number of nitrogens with zero attached hydrogens (tertiary/aromatic N) is 2. The van der Waals surface area contributed by atoms with Gasteiger partial charge in [-0.2, -0.15) is 5.10 Å². The summed E-state index contributed by atoms with van der Waals surface area (Å²) in [6.45, 7) is 1.98. The Hall–Kier alpha value is -4.13. The predicted molar refractivity (Wildman–Crippen MR) is 118 cm³/mol. The molecule has 7 heteroatoms. The highest BCUT2D eigenvalue weighted by Crippen LogP contribution is 2.46. The lowest BCUT2D eigenvalue weighted by atomic mass is 9.95. The number of aromatic hydroxyl groups is 1. The zero-order valence-corrected chi connectivity index (χ0v) is 17.5. The van der Waals surface area contributed by atoms with Crippen molar-refractivity contribution >= 4 is 11.6 Å². The lowest BCUT2D eigenvalue weighted by molar-refractivity contribution is 0.0988. The number of rotatable bonds is 4. The van der Waals surface area contributed by atoms with Crippen molar-refractivity contribution in [1.29, 1.82) is 0 Å². The minimum absolute atomic E-state index is 0.00799. The summed E-state index contributed by atoms with van der Waals surface area (Å²) < 4.78 is 18.8. The lowest BCUT2D eigenvalue weighted by Gasteiger charge is -2.27. The molecule has 1 atom stereocenters. The van der Waals surface area contributed by atoms with Crippen LogP contribution in [-0.4, -0.2) is 28.3 Å². The number of fused-ring (bicyclic) bond motifs is 1. The van der Waals surface area contributed by atoms with E-state index in [-0.39, 0.29) is 17.5 Å². The van der Waals surface area contributed by atoms with Crippen LogP contribution in [0.4, 0.5) is 10.1 Å². The maximum Gasteiger partial charge on any atom is 0.277 e. The number of aromatic nitrogens is 2. The highest BCUT2D eigenvalue weighted by molar-refractivity contribution is 6.11. The second kappa shape index (κ2) is 7.53. The molecule has 1 amide bonds. The fourth-order valence-corrected chi connectivity index (χ4v) is 4.13. The van der Waals surface area contributed by atoms with Crippen molar-refractivity contribution in [3.05, 3.63) is 94.9 Å². The van der Waals surface area contributed by atoms with Crippen molar-refractivity contribution in [1.82, 2.24) is 10.2 Å². The summed E-state index contributed by atoms with van der Waals surface area (Å²) in [6.07, 6.45) is 0. The Kier molecular flexibility index (Phi) is 4.66. The molecular formula is C25H20FN3O3. The van der Waals surface area contributed by atoms with Crippen molar-refractivity contribution < 1.29 is 19.0 Å². The number of H-pyrrole nitrogens is 1. The van der Waals surface area contributed by atoms with Gasteiger partial charge in [0, 0.05) is 16.8 Å². The Bertz CT molecular complexity index is 1310. The molecule has 3 aromatic carbocycles. The molecule has 2 N–H and O–H groups in total. The van der Waals surface area contributed by atoms with E-state index in [0.29, 0.717) is 28.3 Å². The zero-order chi connectivity index (χ0) is 22.4. The van der Waals surface area contributed by atoms with Crippen LogP contribution in [0.25, 0.3) is 11.3 Å². The molecule has 0 saturated carbocycles. The number of aromatic amines is 1. The van der Waals surface area contributed by atoms with E-state index in [1.807, 2.05) is 31.2 Å². The summed E-state index contributed by atoms with van der Waals surface area (Å²) in [5.74, 6) is -0.257. The highest BCUT2D eigenvalue weighted by atomic mass is 19.1. The Morgan fingerprint density at radius 1 is 1.06 bits per heavy atom. The van der Waals surface area contributed by atoms with Crippen LogP contribution < -0.4 is 9.64 Å². The van der Waals surface area contributed by atoms with Gasteiger partial charge < -0.3 is 9.84 Å². The van der Waals surface area contributed by atoms with Crippen LogP contribution in [-0.2, 0) is 0 Å². The summed E-state index contributed by atoms with van der Waals surface area (Å²) in [5.41, 5.74) is 4.88. The maximum absolute atomic E-state index is 13.5. The van der Waals surface area contributed by atoms with Crippen molar-refractivity contribution in [3.8, 4) is 22.8 Å². The molecule has 0 aliphatic carbocycles. The SMILES string of the molecule is COc1cc(C2c3c(-c4ccc(F)cc4)n[nH]c3C(=O)N2c2ccc(C)cc2)ccc1O. The molecule has 1 aliphatic heterocycles. The molecule has 6 nitrogen and oxygen atoms in total. The van der Waals surface area contributed by atoms with E-state index < -0.39 is 6.04 Å². The molecule has 0 saturated heterocycles. The van der Waals surface area contributed by atoms with Gasteiger partial charge in [-0.25, -0.2) is 4.39 Å². The van der Waals surface area contributed by atoms with Gasteiger partial charge in [0.2, 0.25) is 0 Å².